The minimum atomic E-state index is -1.54. The van der Waals surface area contributed by atoms with Crippen LogP contribution in [0.5, 0.6) is 0 Å². The number of nitrogen functional groups attached to an aromatic ring is 2. The molecule has 1 saturated heterocycles. The molecule has 4 rings (SSSR count). The summed E-state index contributed by atoms with van der Waals surface area (Å²) in [6.45, 7) is -0.583. The van der Waals surface area contributed by atoms with Crippen LogP contribution < -0.4 is 22.8 Å². The molecule has 12 nitrogen and oxygen atoms in total. The van der Waals surface area contributed by atoms with Crippen molar-refractivity contribution < 1.29 is 20.1 Å². The topological polar surface area (TPSA) is 184 Å². The van der Waals surface area contributed by atoms with Crippen molar-refractivity contribution >= 4 is 23.2 Å². The number of aliphatic hydroxyl groups is 3. The second-order valence-corrected chi connectivity index (χ2v) is 7.12. The number of nitrogens with two attached hydrogens (primary N) is 2. The highest BCUT2D eigenvalue weighted by Crippen LogP contribution is 2.30. The predicted molar refractivity (Wildman–Crippen MR) is 111 cm³/mol. The Morgan fingerprint density at radius 2 is 1.87 bits per heavy atom. The van der Waals surface area contributed by atoms with Gasteiger partial charge in [0.05, 0.1) is 6.61 Å². The lowest BCUT2D eigenvalue weighted by atomic mass is 10.1. The van der Waals surface area contributed by atoms with E-state index in [1.54, 1.807) is 12.2 Å². The minimum Gasteiger partial charge on any atom is -0.394 e. The molecule has 0 saturated carbocycles. The summed E-state index contributed by atoms with van der Waals surface area (Å²) in [5.74, 6) is 5.31. The van der Waals surface area contributed by atoms with Gasteiger partial charge in [0.1, 0.15) is 18.3 Å². The molecule has 1 aromatic carbocycles. The average Bonchev–Trinajstić information content (AvgIpc) is 3.20. The van der Waals surface area contributed by atoms with E-state index in [1.807, 2.05) is 30.3 Å². The normalized spacial score (nSPS) is 23.8. The Morgan fingerprint density at radius 3 is 2.52 bits per heavy atom. The first-order valence-electron chi connectivity index (χ1n) is 9.47. The lowest BCUT2D eigenvalue weighted by Crippen LogP contribution is -2.36. The van der Waals surface area contributed by atoms with Gasteiger partial charge in [-0.25, -0.2) is 9.36 Å². The third-order valence-electron chi connectivity index (χ3n) is 5.21. The maximum Gasteiger partial charge on any atom is 0.333 e. The van der Waals surface area contributed by atoms with Gasteiger partial charge in [-0.05, 0) is 5.56 Å². The highest BCUT2D eigenvalue weighted by Gasteiger charge is 2.45. The first-order chi connectivity index (χ1) is 14.8. The van der Waals surface area contributed by atoms with Gasteiger partial charge in [-0.2, -0.15) is 9.66 Å². The molecule has 0 unspecified atom stereocenters. The molecular formula is C19H22N6O6. The number of nitrogens with zero attached hydrogens (tertiary/aromatic N) is 4. The van der Waals surface area contributed by atoms with Crippen LogP contribution in [0.2, 0.25) is 0 Å². The molecule has 12 heteroatoms. The number of aliphatic hydroxyl groups excluding tert-OH is 3. The zero-order valence-electron chi connectivity index (χ0n) is 16.3. The molecule has 0 aliphatic carbocycles. The number of benzene rings is 1. The molecule has 3 aromatic rings. The summed E-state index contributed by atoms with van der Waals surface area (Å²) in [5, 5.41) is 29.8. The number of hydrogen-bond acceptors (Lipinski definition) is 9. The summed E-state index contributed by atoms with van der Waals surface area (Å²) in [4.78, 5) is 30.0. The van der Waals surface area contributed by atoms with E-state index in [2.05, 4.69) is 4.98 Å². The fraction of sp³-hybridized carbons (Fsp3) is 0.316. The molecule has 7 N–H and O–H groups in total. The first-order valence-corrected chi connectivity index (χ1v) is 9.47. The zero-order chi connectivity index (χ0) is 22.3. The highest BCUT2D eigenvalue weighted by molar-refractivity contribution is 5.72. The van der Waals surface area contributed by atoms with Crippen molar-refractivity contribution in [3.63, 3.8) is 0 Å². The smallest absolute Gasteiger partial charge is 0.333 e. The van der Waals surface area contributed by atoms with Gasteiger partial charge >= 0.3 is 5.69 Å². The third-order valence-corrected chi connectivity index (χ3v) is 5.21. The second-order valence-electron chi connectivity index (χ2n) is 7.12. The molecule has 0 amide bonds. The minimum absolute atomic E-state index is 0.00708. The quantitative estimate of drug-likeness (QED) is 0.285. The summed E-state index contributed by atoms with van der Waals surface area (Å²) in [6.07, 6.45) is -2.04. The van der Waals surface area contributed by atoms with Gasteiger partial charge in [0, 0.05) is 6.54 Å². The third kappa shape index (κ3) is 3.41. The van der Waals surface area contributed by atoms with Gasteiger partial charge in [0.15, 0.2) is 17.4 Å². The van der Waals surface area contributed by atoms with Gasteiger partial charge < -0.3 is 31.6 Å². The number of hydrogen-bond donors (Lipinski definition) is 5. The molecule has 4 atom stereocenters. The molecule has 164 valence electrons. The van der Waals surface area contributed by atoms with Crippen LogP contribution in [0.3, 0.4) is 0 Å². The van der Waals surface area contributed by atoms with Gasteiger partial charge in [0.25, 0.3) is 5.56 Å². The molecule has 0 bridgehead atoms. The van der Waals surface area contributed by atoms with Crippen molar-refractivity contribution in [3.05, 3.63) is 62.8 Å². The van der Waals surface area contributed by atoms with Crippen LogP contribution in [-0.2, 0) is 11.3 Å². The Balaban J connectivity index is 1.86. The molecule has 1 aliphatic rings. The van der Waals surface area contributed by atoms with E-state index < -0.39 is 42.4 Å². The van der Waals surface area contributed by atoms with E-state index in [4.69, 9.17) is 16.3 Å². The zero-order valence-corrected chi connectivity index (χ0v) is 16.3. The molecule has 0 spiro atoms. The number of allylic oxidation sites excluding steroid dienone is 1. The van der Waals surface area contributed by atoms with Crippen molar-refractivity contribution in [2.45, 2.75) is 31.1 Å². The Hall–Kier alpha value is -3.45. The number of aromatic nitrogens is 4. The fourth-order valence-corrected chi connectivity index (χ4v) is 3.60. The highest BCUT2D eigenvalue weighted by atomic mass is 16.6. The van der Waals surface area contributed by atoms with Crippen LogP contribution in [0, 0.1) is 0 Å². The first kappa shape index (κ1) is 20.8. The standard InChI is InChI=1S/C19H22N6O6/c20-18-22-15-12(16(29)25(18)21)23(8-4-7-10-5-2-1-3-6-10)19(30)24(15)17-14(28)13(27)11(9-26)31-17/h1-7,11,13-14,17,26-28H,8-9,21H2,(H2,20,22)/t11-,13-,14-,17-/m1/s1. The summed E-state index contributed by atoms with van der Waals surface area (Å²) in [6, 6.07) is 9.34. The van der Waals surface area contributed by atoms with Crippen LogP contribution in [0.25, 0.3) is 17.2 Å². The van der Waals surface area contributed by atoms with Crippen LogP contribution >= 0.6 is 0 Å². The molecule has 1 fully saturated rings. The summed E-state index contributed by atoms with van der Waals surface area (Å²) >= 11 is 0. The number of imidazole rings is 1. The van der Waals surface area contributed by atoms with Crippen molar-refractivity contribution in [2.24, 2.45) is 0 Å². The van der Waals surface area contributed by atoms with Crippen LogP contribution in [0.4, 0.5) is 5.95 Å². The number of fused-ring (bicyclic) bond motifs is 1. The van der Waals surface area contributed by atoms with E-state index >= 15 is 0 Å². The maximum absolute atomic E-state index is 13.2. The Kier molecular flexibility index (Phi) is 5.37. The van der Waals surface area contributed by atoms with Gasteiger partial charge in [0.2, 0.25) is 5.95 Å². The van der Waals surface area contributed by atoms with E-state index in [0.717, 1.165) is 14.7 Å². The lowest BCUT2D eigenvalue weighted by Gasteiger charge is -2.15. The van der Waals surface area contributed by atoms with Crippen molar-refractivity contribution in [1.82, 2.24) is 18.8 Å². The molecule has 2 aromatic heterocycles. The lowest BCUT2D eigenvalue weighted by molar-refractivity contribution is -0.0527. The summed E-state index contributed by atoms with van der Waals surface area (Å²) in [5.41, 5.74) is 4.80. The number of anilines is 1. The Morgan fingerprint density at radius 1 is 1.16 bits per heavy atom. The maximum atomic E-state index is 13.2. The van der Waals surface area contributed by atoms with E-state index in [9.17, 15) is 24.9 Å². The summed E-state index contributed by atoms with van der Waals surface area (Å²) in [7, 11) is 0. The average molecular weight is 430 g/mol. The van der Waals surface area contributed by atoms with Gasteiger partial charge in [-0.3, -0.25) is 9.36 Å². The fourth-order valence-electron chi connectivity index (χ4n) is 3.60. The van der Waals surface area contributed by atoms with Crippen molar-refractivity contribution in [1.29, 1.82) is 0 Å². The summed E-state index contributed by atoms with van der Waals surface area (Å²) < 4.78 is 8.14. The molecule has 1 aliphatic heterocycles. The van der Waals surface area contributed by atoms with E-state index in [0.29, 0.717) is 4.68 Å². The Bertz CT molecular complexity index is 1250. The number of ether oxygens (including phenoxy) is 1. The van der Waals surface area contributed by atoms with Gasteiger partial charge in [-0.15, -0.1) is 0 Å². The van der Waals surface area contributed by atoms with Gasteiger partial charge in [-0.1, -0.05) is 42.5 Å². The molecule has 3 heterocycles. The van der Waals surface area contributed by atoms with Crippen LogP contribution in [-0.4, -0.2) is 59.0 Å². The Labute approximate surface area is 174 Å². The molecular weight excluding hydrogens is 408 g/mol. The largest absolute Gasteiger partial charge is 0.394 e. The molecule has 0 radical (unpaired) electrons. The predicted octanol–water partition coefficient (Wildman–Crippen LogP) is -2.02. The van der Waals surface area contributed by atoms with E-state index in [1.165, 1.54) is 0 Å². The number of rotatable bonds is 5. The van der Waals surface area contributed by atoms with Crippen molar-refractivity contribution in [3.8, 4) is 0 Å². The SMILES string of the molecule is Nc1nc2c(c(=O)n1N)n(CC=Cc1ccccc1)c(=O)n2[C@@H]1O[C@H](CO)[C@@H](O)[C@H]1O. The van der Waals surface area contributed by atoms with Crippen molar-refractivity contribution in [2.75, 3.05) is 18.2 Å². The van der Waals surface area contributed by atoms with Crippen LogP contribution in [0.15, 0.2) is 46.0 Å². The van der Waals surface area contributed by atoms with E-state index in [-0.39, 0.29) is 23.7 Å². The van der Waals surface area contributed by atoms with Crippen LogP contribution in [0.1, 0.15) is 11.8 Å². The molecule has 31 heavy (non-hydrogen) atoms. The second kappa shape index (κ2) is 8.00. The monoisotopic (exact) mass is 430 g/mol.